The smallest absolute Gasteiger partial charge is 0.303 e. The lowest BCUT2D eigenvalue weighted by Gasteiger charge is -2.46. The number of alkyl halides is 1. The summed E-state index contributed by atoms with van der Waals surface area (Å²) in [6.07, 6.45) is -6.14. The molecule has 0 bridgehead atoms. The van der Waals surface area contributed by atoms with Crippen molar-refractivity contribution in [2.45, 2.75) is 72.1 Å². The topological polar surface area (TPSA) is 88.1 Å². The monoisotopic (exact) mass is 348 g/mol. The minimum atomic E-state index is -1.70. The Morgan fingerprint density at radius 1 is 0.958 bits per heavy atom. The molecule has 0 N–H and O–H groups in total. The molecule has 0 aromatic heterocycles. The van der Waals surface area contributed by atoms with Gasteiger partial charge >= 0.3 is 17.9 Å². The second kappa shape index (κ2) is 7.92. The zero-order chi connectivity index (χ0) is 18.7. The average Bonchev–Trinajstić information content (AvgIpc) is 2.39. The first-order valence-electron chi connectivity index (χ1n) is 7.70. The van der Waals surface area contributed by atoms with E-state index in [9.17, 15) is 18.8 Å². The number of carbonyl (C=O) groups excluding carboxylic acids is 3. The van der Waals surface area contributed by atoms with Crippen molar-refractivity contribution < 1.29 is 37.7 Å². The molecule has 1 fully saturated rings. The lowest BCUT2D eigenvalue weighted by molar-refractivity contribution is -0.250. The molecule has 1 aliphatic heterocycles. The molecule has 7 nitrogen and oxygen atoms in total. The van der Waals surface area contributed by atoms with E-state index in [0.29, 0.717) is 0 Å². The van der Waals surface area contributed by atoms with E-state index in [0.717, 1.165) is 13.8 Å². The molecule has 0 radical (unpaired) electrons. The van der Waals surface area contributed by atoms with Crippen LogP contribution in [0.5, 0.6) is 0 Å². The van der Waals surface area contributed by atoms with Gasteiger partial charge in [0.25, 0.3) is 0 Å². The maximum atomic E-state index is 14.9. The maximum absolute atomic E-state index is 14.9. The maximum Gasteiger partial charge on any atom is 0.303 e. The number of ether oxygens (including phenoxy) is 4. The molecule has 1 aliphatic rings. The first-order chi connectivity index (χ1) is 10.9. The summed E-state index contributed by atoms with van der Waals surface area (Å²) in [5.41, 5.74) is -0.618. The Kier molecular flexibility index (Phi) is 6.71. The van der Waals surface area contributed by atoms with Gasteiger partial charge in [0.1, 0.15) is 12.7 Å². The van der Waals surface area contributed by atoms with E-state index in [1.807, 2.05) is 0 Å². The predicted molar refractivity (Wildman–Crippen MR) is 80.8 cm³/mol. The van der Waals surface area contributed by atoms with Gasteiger partial charge in [-0.05, 0) is 5.41 Å². The molecule has 8 heteroatoms. The van der Waals surface area contributed by atoms with Crippen LogP contribution in [0.1, 0.15) is 41.5 Å². The van der Waals surface area contributed by atoms with Gasteiger partial charge in [-0.25, -0.2) is 4.39 Å². The van der Waals surface area contributed by atoms with Gasteiger partial charge in [-0.1, -0.05) is 20.8 Å². The highest BCUT2D eigenvalue weighted by molar-refractivity contribution is 5.67. The third-order valence-corrected chi connectivity index (χ3v) is 3.52. The van der Waals surface area contributed by atoms with E-state index in [-0.39, 0.29) is 6.61 Å². The molecule has 138 valence electrons. The molecular formula is C16H25FO7. The molecule has 0 aromatic carbocycles. The highest BCUT2D eigenvalue weighted by atomic mass is 19.1. The number of hydrogen-bond acceptors (Lipinski definition) is 7. The zero-order valence-corrected chi connectivity index (χ0v) is 14.8. The molecule has 0 aromatic rings. The molecule has 5 atom stereocenters. The minimum Gasteiger partial charge on any atom is -0.463 e. The van der Waals surface area contributed by atoms with Crippen molar-refractivity contribution in [2.24, 2.45) is 5.41 Å². The van der Waals surface area contributed by atoms with Gasteiger partial charge in [-0.2, -0.15) is 0 Å². The molecular weight excluding hydrogens is 323 g/mol. The summed E-state index contributed by atoms with van der Waals surface area (Å²) in [4.78, 5) is 33.8. The SMILES string of the molecule is CC(=O)OCC1O[C@@H](C(C)(C)C)C(F)C(OC(C)=O)[C@@H]1OC(C)=O. The van der Waals surface area contributed by atoms with Gasteiger partial charge in [0.2, 0.25) is 0 Å². The summed E-state index contributed by atoms with van der Waals surface area (Å²) in [6, 6.07) is 0. The largest absolute Gasteiger partial charge is 0.463 e. The number of rotatable bonds is 4. The van der Waals surface area contributed by atoms with Crippen LogP contribution in [0.3, 0.4) is 0 Å². The summed E-state index contributed by atoms with van der Waals surface area (Å²) in [5.74, 6) is -1.95. The summed E-state index contributed by atoms with van der Waals surface area (Å²) in [7, 11) is 0. The number of carbonyl (C=O) groups is 3. The van der Waals surface area contributed by atoms with Crippen LogP contribution in [0.15, 0.2) is 0 Å². The highest BCUT2D eigenvalue weighted by Gasteiger charge is 2.53. The molecule has 24 heavy (non-hydrogen) atoms. The van der Waals surface area contributed by atoms with E-state index in [4.69, 9.17) is 18.9 Å². The van der Waals surface area contributed by atoms with Crippen molar-refractivity contribution in [1.29, 1.82) is 0 Å². The predicted octanol–water partition coefficient (Wildman–Crippen LogP) is 1.56. The third-order valence-electron chi connectivity index (χ3n) is 3.52. The Morgan fingerprint density at radius 3 is 1.88 bits per heavy atom. The van der Waals surface area contributed by atoms with Crippen LogP contribution in [0.2, 0.25) is 0 Å². The van der Waals surface area contributed by atoms with Crippen molar-refractivity contribution in [3.63, 3.8) is 0 Å². The van der Waals surface area contributed by atoms with E-state index >= 15 is 0 Å². The zero-order valence-electron chi connectivity index (χ0n) is 14.8. The fraction of sp³-hybridized carbons (Fsp3) is 0.812. The molecule has 1 heterocycles. The highest BCUT2D eigenvalue weighted by Crippen LogP contribution is 2.37. The van der Waals surface area contributed by atoms with Crippen LogP contribution in [0.25, 0.3) is 0 Å². The van der Waals surface area contributed by atoms with Crippen molar-refractivity contribution in [1.82, 2.24) is 0 Å². The van der Waals surface area contributed by atoms with Crippen LogP contribution in [-0.4, -0.2) is 55.1 Å². The minimum absolute atomic E-state index is 0.246. The van der Waals surface area contributed by atoms with E-state index in [1.54, 1.807) is 20.8 Å². The molecule has 3 unspecified atom stereocenters. The summed E-state index contributed by atoms with van der Waals surface area (Å²) < 4.78 is 35.8. The second-order valence-corrected chi connectivity index (χ2v) is 6.86. The van der Waals surface area contributed by atoms with Crippen LogP contribution >= 0.6 is 0 Å². The van der Waals surface area contributed by atoms with Crippen LogP contribution < -0.4 is 0 Å². The summed E-state index contributed by atoms with van der Waals surface area (Å²) in [5, 5.41) is 0. The lowest BCUT2D eigenvalue weighted by Crippen LogP contribution is -2.62. The fourth-order valence-corrected chi connectivity index (χ4v) is 2.58. The van der Waals surface area contributed by atoms with Crippen LogP contribution in [0, 0.1) is 5.41 Å². The van der Waals surface area contributed by atoms with Crippen LogP contribution in [-0.2, 0) is 33.3 Å². The number of esters is 3. The van der Waals surface area contributed by atoms with E-state index < -0.39 is 53.9 Å². The van der Waals surface area contributed by atoms with Crippen LogP contribution in [0.4, 0.5) is 4.39 Å². The Labute approximate surface area is 140 Å². The summed E-state index contributed by atoms with van der Waals surface area (Å²) in [6.45, 7) is 8.56. The Hall–Kier alpha value is -1.70. The lowest BCUT2D eigenvalue weighted by atomic mass is 9.80. The van der Waals surface area contributed by atoms with Crippen molar-refractivity contribution >= 4 is 17.9 Å². The van der Waals surface area contributed by atoms with Gasteiger partial charge < -0.3 is 18.9 Å². The van der Waals surface area contributed by atoms with Gasteiger partial charge in [0.05, 0.1) is 6.10 Å². The average molecular weight is 348 g/mol. The van der Waals surface area contributed by atoms with E-state index in [1.165, 1.54) is 6.92 Å². The van der Waals surface area contributed by atoms with Gasteiger partial charge in [0, 0.05) is 20.8 Å². The second-order valence-electron chi connectivity index (χ2n) is 6.86. The van der Waals surface area contributed by atoms with Gasteiger partial charge in [-0.15, -0.1) is 0 Å². The number of halogens is 1. The molecule has 0 amide bonds. The molecule has 0 saturated carbocycles. The number of hydrogen-bond donors (Lipinski definition) is 0. The molecule has 0 spiro atoms. The molecule has 1 saturated heterocycles. The quantitative estimate of drug-likeness (QED) is 0.563. The standard InChI is InChI=1S/C16H25FO7/c1-8(18)21-7-11-13(22-9(2)19)14(23-10(3)20)12(17)15(24-11)16(4,5)6/h11-15H,7H2,1-6H3/t11?,12?,13-,14?,15-/m1/s1. The third kappa shape index (κ3) is 5.43. The van der Waals surface area contributed by atoms with E-state index in [2.05, 4.69) is 0 Å². The molecule has 0 aliphatic carbocycles. The van der Waals surface area contributed by atoms with Gasteiger partial charge in [-0.3, -0.25) is 14.4 Å². The first kappa shape index (κ1) is 20.3. The van der Waals surface area contributed by atoms with Gasteiger partial charge in [0.15, 0.2) is 18.4 Å². The Balaban J connectivity index is 3.16. The Morgan fingerprint density at radius 2 is 1.46 bits per heavy atom. The normalized spacial score (nSPS) is 30.4. The first-order valence-corrected chi connectivity index (χ1v) is 7.70. The van der Waals surface area contributed by atoms with Crippen molar-refractivity contribution in [3.05, 3.63) is 0 Å². The fourth-order valence-electron chi connectivity index (χ4n) is 2.58. The van der Waals surface area contributed by atoms with Crippen molar-refractivity contribution in [2.75, 3.05) is 6.61 Å². The summed E-state index contributed by atoms with van der Waals surface area (Å²) >= 11 is 0. The Bertz CT molecular complexity index is 485. The molecule has 1 rings (SSSR count). The van der Waals surface area contributed by atoms with Crippen molar-refractivity contribution in [3.8, 4) is 0 Å².